The summed E-state index contributed by atoms with van der Waals surface area (Å²) in [6, 6.07) is 0. The van der Waals surface area contributed by atoms with Crippen LogP contribution in [0.15, 0.2) is 0 Å². The normalized spacial score (nSPS) is 12.5. The molecule has 72 valence electrons. The zero-order valence-corrected chi connectivity index (χ0v) is 8.35. The van der Waals surface area contributed by atoms with Gasteiger partial charge in [0.2, 0.25) is 4.77 Å². The SMILES string of the molecule is Cc1n[nH]c(=S)nc1NCC(C)O. The van der Waals surface area contributed by atoms with E-state index in [1.165, 1.54) is 0 Å². The third-order valence-electron chi connectivity index (χ3n) is 1.44. The lowest BCUT2D eigenvalue weighted by Crippen LogP contribution is -2.17. The van der Waals surface area contributed by atoms with Gasteiger partial charge in [0.1, 0.15) is 0 Å². The van der Waals surface area contributed by atoms with Crippen LogP contribution in [-0.4, -0.2) is 32.9 Å². The maximum atomic E-state index is 9.03. The van der Waals surface area contributed by atoms with Gasteiger partial charge in [0.25, 0.3) is 0 Å². The van der Waals surface area contributed by atoms with Gasteiger partial charge in [-0.2, -0.15) is 10.1 Å². The van der Waals surface area contributed by atoms with Crippen LogP contribution in [0.5, 0.6) is 0 Å². The zero-order chi connectivity index (χ0) is 9.84. The van der Waals surface area contributed by atoms with Crippen molar-refractivity contribution in [1.29, 1.82) is 0 Å². The molecule has 13 heavy (non-hydrogen) atoms. The molecule has 3 N–H and O–H groups in total. The molecule has 1 rings (SSSR count). The Morgan fingerprint density at radius 1 is 1.69 bits per heavy atom. The maximum Gasteiger partial charge on any atom is 0.215 e. The van der Waals surface area contributed by atoms with Crippen LogP contribution in [0.4, 0.5) is 5.82 Å². The number of aliphatic hydroxyl groups is 1. The first-order chi connectivity index (χ1) is 6.09. The highest BCUT2D eigenvalue weighted by Gasteiger charge is 2.01. The van der Waals surface area contributed by atoms with E-state index in [-0.39, 0.29) is 0 Å². The fourth-order valence-corrected chi connectivity index (χ4v) is 0.941. The highest BCUT2D eigenvalue weighted by molar-refractivity contribution is 7.71. The lowest BCUT2D eigenvalue weighted by Gasteiger charge is -2.08. The third-order valence-corrected chi connectivity index (χ3v) is 1.62. The van der Waals surface area contributed by atoms with Crippen molar-refractivity contribution in [2.45, 2.75) is 20.0 Å². The van der Waals surface area contributed by atoms with E-state index in [9.17, 15) is 0 Å². The standard InChI is InChI=1S/C7H12N4OS/c1-4(12)3-8-6-5(2)10-11-7(13)9-6/h4,12H,3H2,1-2H3,(H2,8,9,11,13). The number of nitrogens with one attached hydrogen (secondary N) is 2. The Kier molecular flexibility index (Phi) is 3.32. The molecule has 0 aliphatic heterocycles. The van der Waals surface area contributed by atoms with Crippen LogP contribution in [0.1, 0.15) is 12.6 Å². The Morgan fingerprint density at radius 3 is 3.00 bits per heavy atom. The van der Waals surface area contributed by atoms with Crippen molar-refractivity contribution in [3.63, 3.8) is 0 Å². The Morgan fingerprint density at radius 2 is 2.38 bits per heavy atom. The number of aromatic nitrogens is 3. The minimum atomic E-state index is -0.418. The van der Waals surface area contributed by atoms with Crippen LogP contribution < -0.4 is 5.32 Å². The predicted molar refractivity (Wildman–Crippen MR) is 52.1 cm³/mol. The number of rotatable bonds is 3. The Bertz CT molecular complexity index is 336. The molecule has 1 aromatic heterocycles. The molecule has 0 radical (unpaired) electrons. The summed E-state index contributed by atoms with van der Waals surface area (Å²) in [4.78, 5) is 4.02. The number of aliphatic hydroxyl groups excluding tert-OH is 1. The van der Waals surface area contributed by atoms with E-state index in [0.29, 0.717) is 17.1 Å². The second-order valence-corrected chi connectivity index (χ2v) is 3.19. The molecule has 0 saturated carbocycles. The summed E-state index contributed by atoms with van der Waals surface area (Å²) in [5.74, 6) is 0.615. The van der Waals surface area contributed by atoms with Crippen molar-refractivity contribution in [2.75, 3.05) is 11.9 Å². The highest BCUT2D eigenvalue weighted by atomic mass is 32.1. The van der Waals surface area contributed by atoms with E-state index >= 15 is 0 Å². The van der Waals surface area contributed by atoms with Crippen LogP contribution in [0.2, 0.25) is 0 Å². The Labute approximate surface area is 81.2 Å². The molecule has 0 bridgehead atoms. The molecule has 6 heteroatoms. The van der Waals surface area contributed by atoms with Gasteiger partial charge in [-0.05, 0) is 26.1 Å². The molecule has 1 unspecified atom stereocenters. The first-order valence-corrected chi connectivity index (χ1v) is 4.35. The summed E-state index contributed by atoms with van der Waals surface area (Å²) in [6.07, 6.45) is -0.418. The predicted octanol–water partition coefficient (Wildman–Crippen LogP) is 0.635. The first-order valence-electron chi connectivity index (χ1n) is 3.95. The molecule has 1 heterocycles. The van der Waals surface area contributed by atoms with E-state index in [0.717, 1.165) is 5.69 Å². The molecule has 0 aromatic carbocycles. The molecule has 1 atom stereocenters. The van der Waals surface area contributed by atoms with Crippen LogP contribution in [0, 0.1) is 11.7 Å². The summed E-state index contributed by atoms with van der Waals surface area (Å²) in [5.41, 5.74) is 0.731. The summed E-state index contributed by atoms with van der Waals surface area (Å²) in [6.45, 7) is 3.94. The van der Waals surface area contributed by atoms with Crippen molar-refractivity contribution in [3.8, 4) is 0 Å². The van der Waals surface area contributed by atoms with Crippen molar-refractivity contribution in [3.05, 3.63) is 10.5 Å². The first kappa shape index (κ1) is 10.1. The molecule has 1 aromatic rings. The Hall–Kier alpha value is -1.01. The van der Waals surface area contributed by atoms with Gasteiger partial charge in [-0.3, -0.25) is 5.10 Å². The molecule has 0 spiro atoms. The monoisotopic (exact) mass is 200 g/mol. The van der Waals surface area contributed by atoms with Gasteiger partial charge in [0, 0.05) is 6.54 Å². The highest BCUT2D eigenvalue weighted by Crippen LogP contribution is 2.04. The fraction of sp³-hybridized carbons (Fsp3) is 0.571. The summed E-state index contributed by atoms with van der Waals surface area (Å²) < 4.78 is 0.332. The number of aryl methyl sites for hydroxylation is 1. The fourth-order valence-electron chi connectivity index (χ4n) is 0.804. The van der Waals surface area contributed by atoms with Crippen molar-refractivity contribution in [1.82, 2.24) is 15.2 Å². The molecular weight excluding hydrogens is 188 g/mol. The van der Waals surface area contributed by atoms with Gasteiger partial charge in [-0.25, -0.2) is 0 Å². The summed E-state index contributed by atoms with van der Waals surface area (Å²) in [5, 5.41) is 18.5. The third kappa shape index (κ3) is 3.08. The Balaban J connectivity index is 2.76. The second kappa shape index (κ2) is 4.29. The molecule has 0 saturated heterocycles. The van der Waals surface area contributed by atoms with Gasteiger partial charge in [-0.1, -0.05) is 0 Å². The van der Waals surface area contributed by atoms with Gasteiger partial charge < -0.3 is 10.4 Å². The molecular formula is C7H12N4OS. The van der Waals surface area contributed by atoms with E-state index in [4.69, 9.17) is 17.3 Å². The van der Waals surface area contributed by atoms with E-state index in [2.05, 4.69) is 20.5 Å². The van der Waals surface area contributed by atoms with Crippen LogP contribution in [0.25, 0.3) is 0 Å². The molecule has 5 nitrogen and oxygen atoms in total. The number of aromatic amines is 1. The maximum absolute atomic E-state index is 9.03. The van der Waals surface area contributed by atoms with Crippen molar-refractivity contribution >= 4 is 18.0 Å². The van der Waals surface area contributed by atoms with Crippen molar-refractivity contribution < 1.29 is 5.11 Å². The van der Waals surface area contributed by atoms with E-state index in [1.807, 2.05) is 6.92 Å². The lowest BCUT2D eigenvalue weighted by molar-refractivity contribution is 0.208. The second-order valence-electron chi connectivity index (χ2n) is 2.80. The molecule has 0 aliphatic carbocycles. The van der Waals surface area contributed by atoms with Gasteiger partial charge in [0.15, 0.2) is 5.82 Å². The number of hydrogen-bond acceptors (Lipinski definition) is 5. The summed E-state index contributed by atoms with van der Waals surface area (Å²) >= 11 is 4.81. The minimum Gasteiger partial charge on any atom is -0.392 e. The minimum absolute atomic E-state index is 0.332. The number of nitrogens with zero attached hydrogens (tertiary/aromatic N) is 2. The lowest BCUT2D eigenvalue weighted by atomic mass is 10.4. The van der Waals surface area contributed by atoms with Gasteiger partial charge >= 0.3 is 0 Å². The zero-order valence-electron chi connectivity index (χ0n) is 7.53. The average molecular weight is 200 g/mol. The molecule has 0 amide bonds. The largest absolute Gasteiger partial charge is 0.392 e. The number of anilines is 1. The van der Waals surface area contributed by atoms with Gasteiger partial charge in [-0.15, -0.1) is 0 Å². The summed E-state index contributed by atoms with van der Waals surface area (Å²) in [7, 11) is 0. The molecule has 0 aliphatic rings. The van der Waals surface area contributed by atoms with Gasteiger partial charge in [0.05, 0.1) is 11.8 Å². The van der Waals surface area contributed by atoms with Crippen LogP contribution in [-0.2, 0) is 0 Å². The smallest absolute Gasteiger partial charge is 0.215 e. The topological polar surface area (TPSA) is 73.8 Å². The molecule has 0 fully saturated rings. The quantitative estimate of drug-likeness (QED) is 0.624. The number of H-pyrrole nitrogens is 1. The van der Waals surface area contributed by atoms with E-state index < -0.39 is 6.10 Å². The van der Waals surface area contributed by atoms with Crippen LogP contribution >= 0.6 is 12.2 Å². The average Bonchev–Trinajstić information content (AvgIpc) is 2.06. The van der Waals surface area contributed by atoms with E-state index in [1.54, 1.807) is 6.92 Å². The van der Waals surface area contributed by atoms with Crippen molar-refractivity contribution in [2.24, 2.45) is 0 Å². The van der Waals surface area contributed by atoms with Crippen LogP contribution in [0.3, 0.4) is 0 Å². The number of hydrogen-bond donors (Lipinski definition) is 3.